The number of anilines is 2. The van der Waals surface area contributed by atoms with Gasteiger partial charge in [0.15, 0.2) is 0 Å². The Labute approximate surface area is 184 Å². The monoisotopic (exact) mass is 429 g/mol. The van der Waals surface area contributed by atoms with Crippen molar-refractivity contribution in [2.45, 2.75) is 45.6 Å². The highest BCUT2D eigenvalue weighted by Crippen LogP contribution is 2.27. The number of amides is 4. The molecule has 0 atom stereocenters. The van der Waals surface area contributed by atoms with Crippen molar-refractivity contribution in [2.75, 3.05) is 50.0 Å². The molecule has 0 spiro atoms. The molecule has 1 aliphatic carbocycles. The Hall–Kier alpha value is -2.77. The molecule has 1 aromatic carbocycles. The van der Waals surface area contributed by atoms with Crippen molar-refractivity contribution >= 4 is 29.2 Å². The number of carbonyl (C=O) groups excluding carboxylic acids is 3. The van der Waals surface area contributed by atoms with Gasteiger partial charge in [0.2, 0.25) is 11.8 Å². The zero-order valence-corrected chi connectivity index (χ0v) is 19.1. The molecule has 1 saturated carbocycles. The first kappa shape index (κ1) is 22.9. The van der Waals surface area contributed by atoms with Crippen molar-refractivity contribution in [1.29, 1.82) is 0 Å². The van der Waals surface area contributed by atoms with E-state index in [4.69, 9.17) is 0 Å². The smallest absolute Gasteiger partial charge is 0.317 e. The Kier molecular flexibility index (Phi) is 7.08. The number of urea groups is 1. The Morgan fingerprint density at radius 2 is 1.65 bits per heavy atom. The van der Waals surface area contributed by atoms with E-state index in [0.29, 0.717) is 18.8 Å². The van der Waals surface area contributed by atoms with Crippen LogP contribution in [-0.2, 0) is 9.59 Å². The number of likely N-dealkylation sites (N-methyl/N-ethyl adjacent to an activating group) is 1. The summed E-state index contributed by atoms with van der Waals surface area (Å²) in [5.74, 6) is -0.0365. The van der Waals surface area contributed by atoms with Crippen LogP contribution in [0, 0.1) is 5.92 Å². The SMILES string of the molecule is CN(CC(=O)Nc1ccc(N2CCN(C(=O)NC(C)(C)C)CC2)cc1)C(=O)C1CCC1. The van der Waals surface area contributed by atoms with Gasteiger partial charge in [0, 0.05) is 56.1 Å². The first-order valence-corrected chi connectivity index (χ1v) is 11.1. The standard InChI is InChI=1S/C23H35N5O3/c1-23(2,3)25-22(31)28-14-12-27(13-15-28)19-10-8-18(9-11-19)24-20(29)16-26(4)21(30)17-6-5-7-17/h8-11,17H,5-7,12-16H2,1-4H3,(H,24,29)(H,25,31). The highest BCUT2D eigenvalue weighted by Gasteiger charge is 2.28. The summed E-state index contributed by atoms with van der Waals surface area (Å²) in [4.78, 5) is 42.4. The molecule has 170 valence electrons. The topological polar surface area (TPSA) is 85.0 Å². The van der Waals surface area contributed by atoms with E-state index in [1.807, 2.05) is 49.9 Å². The lowest BCUT2D eigenvalue weighted by Crippen LogP contribution is -2.55. The maximum atomic E-state index is 12.3. The van der Waals surface area contributed by atoms with Crippen molar-refractivity contribution in [3.63, 3.8) is 0 Å². The molecule has 1 aromatic rings. The second-order valence-corrected chi connectivity index (χ2v) is 9.57. The number of rotatable bonds is 5. The Balaban J connectivity index is 1.45. The molecule has 2 fully saturated rings. The van der Waals surface area contributed by atoms with Gasteiger partial charge < -0.3 is 25.3 Å². The molecule has 1 heterocycles. The van der Waals surface area contributed by atoms with Crippen molar-refractivity contribution in [3.8, 4) is 0 Å². The van der Waals surface area contributed by atoms with E-state index in [9.17, 15) is 14.4 Å². The molecule has 8 heteroatoms. The predicted molar refractivity (Wildman–Crippen MR) is 122 cm³/mol. The summed E-state index contributed by atoms with van der Waals surface area (Å²) in [6.07, 6.45) is 2.96. The van der Waals surface area contributed by atoms with E-state index < -0.39 is 0 Å². The summed E-state index contributed by atoms with van der Waals surface area (Å²) in [7, 11) is 1.69. The Morgan fingerprint density at radius 3 is 2.16 bits per heavy atom. The van der Waals surface area contributed by atoms with Gasteiger partial charge in [-0.25, -0.2) is 4.79 Å². The minimum Gasteiger partial charge on any atom is -0.368 e. The lowest BCUT2D eigenvalue weighted by molar-refractivity contribution is -0.139. The fraction of sp³-hybridized carbons (Fsp3) is 0.609. The predicted octanol–water partition coefficient (Wildman–Crippen LogP) is 2.51. The molecule has 3 rings (SSSR count). The lowest BCUT2D eigenvalue weighted by Gasteiger charge is -2.37. The van der Waals surface area contributed by atoms with Crippen molar-refractivity contribution in [1.82, 2.24) is 15.1 Å². The number of piperazine rings is 1. The van der Waals surface area contributed by atoms with E-state index in [1.165, 1.54) is 4.90 Å². The maximum Gasteiger partial charge on any atom is 0.317 e. The highest BCUT2D eigenvalue weighted by atomic mass is 16.2. The quantitative estimate of drug-likeness (QED) is 0.753. The second kappa shape index (κ2) is 9.58. The zero-order valence-electron chi connectivity index (χ0n) is 19.1. The average Bonchev–Trinajstić information content (AvgIpc) is 2.66. The Bertz CT molecular complexity index is 790. The summed E-state index contributed by atoms with van der Waals surface area (Å²) in [5.41, 5.74) is 1.53. The molecular formula is C23H35N5O3. The molecule has 1 aliphatic heterocycles. The minimum atomic E-state index is -0.242. The summed E-state index contributed by atoms with van der Waals surface area (Å²) >= 11 is 0. The van der Waals surface area contributed by atoms with Crippen LogP contribution in [0.4, 0.5) is 16.2 Å². The number of nitrogens with zero attached hydrogens (tertiary/aromatic N) is 3. The summed E-state index contributed by atoms with van der Waals surface area (Å²) in [6.45, 7) is 8.86. The third-order valence-electron chi connectivity index (χ3n) is 5.78. The van der Waals surface area contributed by atoms with Crippen LogP contribution in [0.25, 0.3) is 0 Å². The van der Waals surface area contributed by atoms with Crippen LogP contribution in [0.15, 0.2) is 24.3 Å². The van der Waals surface area contributed by atoms with Gasteiger partial charge in [0.1, 0.15) is 0 Å². The van der Waals surface area contributed by atoms with E-state index in [0.717, 1.165) is 38.0 Å². The van der Waals surface area contributed by atoms with Gasteiger partial charge in [-0.3, -0.25) is 9.59 Å². The van der Waals surface area contributed by atoms with Crippen molar-refractivity contribution in [3.05, 3.63) is 24.3 Å². The van der Waals surface area contributed by atoms with Crippen LogP contribution < -0.4 is 15.5 Å². The molecule has 31 heavy (non-hydrogen) atoms. The van der Waals surface area contributed by atoms with Gasteiger partial charge in [-0.2, -0.15) is 0 Å². The molecule has 4 amide bonds. The number of nitrogens with one attached hydrogen (secondary N) is 2. The van der Waals surface area contributed by atoms with Gasteiger partial charge in [-0.1, -0.05) is 6.42 Å². The molecule has 0 bridgehead atoms. The van der Waals surface area contributed by atoms with Crippen LogP contribution in [-0.4, -0.2) is 73.0 Å². The van der Waals surface area contributed by atoms with Crippen LogP contribution in [0.3, 0.4) is 0 Å². The van der Waals surface area contributed by atoms with Gasteiger partial charge in [0.25, 0.3) is 0 Å². The molecule has 0 aromatic heterocycles. The lowest BCUT2D eigenvalue weighted by atomic mass is 9.84. The van der Waals surface area contributed by atoms with Gasteiger partial charge >= 0.3 is 6.03 Å². The molecule has 2 N–H and O–H groups in total. The van der Waals surface area contributed by atoms with Crippen LogP contribution in [0.5, 0.6) is 0 Å². The number of carbonyl (C=O) groups is 3. The van der Waals surface area contributed by atoms with Crippen LogP contribution >= 0.6 is 0 Å². The Morgan fingerprint density at radius 1 is 1.03 bits per heavy atom. The largest absolute Gasteiger partial charge is 0.368 e. The number of hydrogen-bond donors (Lipinski definition) is 2. The molecular weight excluding hydrogens is 394 g/mol. The van der Waals surface area contributed by atoms with Crippen LogP contribution in [0.1, 0.15) is 40.0 Å². The summed E-state index contributed by atoms with van der Waals surface area (Å²) in [6, 6.07) is 7.68. The number of hydrogen-bond acceptors (Lipinski definition) is 4. The van der Waals surface area contributed by atoms with Crippen LogP contribution in [0.2, 0.25) is 0 Å². The minimum absolute atomic E-state index is 0.0223. The van der Waals surface area contributed by atoms with Gasteiger partial charge in [-0.05, 0) is 57.9 Å². The van der Waals surface area contributed by atoms with Gasteiger partial charge in [0.05, 0.1) is 6.54 Å². The third-order valence-corrected chi connectivity index (χ3v) is 5.78. The zero-order chi connectivity index (χ0) is 22.6. The fourth-order valence-electron chi connectivity index (χ4n) is 3.78. The van der Waals surface area contributed by atoms with E-state index in [1.54, 1.807) is 7.05 Å². The van der Waals surface area contributed by atoms with Gasteiger partial charge in [-0.15, -0.1) is 0 Å². The summed E-state index contributed by atoms with van der Waals surface area (Å²) in [5, 5.41) is 5.87. The van der Waals surface area contributed by atoms with E-state index in [-0.39, 0.29) is 35.8 Å². The molecule has 0 radical (unpaired) electrons. The normalized spacial score (nSPS) is 17.0. The number of benzene rings is 1. The van der Waals surface area contributed by atoms with E-state index in [2.05, 4.69) is 15.5 Å². The van der Waals surface area contributed by atoms with Crippen molar-refractivity contribution < 1.29 is 14.4 Å². The molecule has 2 aliphatic rings. The first-order valence-electron chi connectivity index (χ1n) is 11.1. The third kappa shape index (κ3) is 6.35. The molecule has 0 unspecified atom stereocenters. The maximum absolute atomic E-state index is 12.3. The van der Waals surface area contributed by atoms with E-state index >= 15 is 0 Å². The fourth-order valence-corrected chi connectivity index (χ4v) is 3.78. The molecule has 8 nitrogen and oxygen atoms in total. The summed E-state index contributed by atoms with van der Waals surface area (Å²) < 4.78 is 0. The average molecular weight is 430 g/mol. The highest BCUT2D eigenvalue weighted by molar-refractivity contribution is 5.95. The van der Waals surface area contributed by atoms with Crippen molar-refractivity contribution in [2.24, 2.45) is 5.92 Å². The first-order chi connectivity index (χ1) is 14.6. The molecule has 1 saturated heterocycles. The second-order valence-electron chi connectivity index (χ2n) is 9.57.